The number of hydrogen-bond donors (Lipinski definition) is 0. The summed E-state index contributed by atoms with van der Waals surface area (Å²) in [5.74, 6) is 0.744. The van der Waals surface area contributed by atoms with Crippen LogP contribution >= 0.6 is 0 Å². The minimum atomic E-state index is -2.72. The Morgan fingerprint density at radius 3 is 1.94 bits per heavy atom. The van der Waals surface area contributed by atoms with Gasteiger partial charge in [-0.05, 0) is 105 Å². The molecule has 0 aliphatic heterocycles. The minimum absolute atomic E-state index is 0. The molecule has 4 aromatic heterocycles. The molecule has 0 spiro atoms. The molecule has 4 aromatic carbocycles. The number of fused-ring (bicyclic) bond motifs is 3. The van der Waals surface area contributed by atoms with Crippen molar-refractivity contribution in [2.45, 2.75) is 125 Å². The van der Waals surface area contributed by atoms with Gasteiger partial charge in [0.1, 0.15) is 0 Å². The predicted molar refractivity (Wildman–Crippen MR) is 260 cm³/mol. The zero-order chi connectivity index (χ0) is 53.3. The Morgan fingerprint density at radius 1 is 0.619 bits per heavy atom. The van der Waals surface area contributed by atoms with Crippen molar-refractivity contribution in [3.8, 4) is 45.0 Å². The molecule has 0 bridgehead atoms. The minimum Gasteiger partial charge on any atom is -0.486 e. The fourth-order valence-electron chi connectivity index (χ4n) is 7.09. The van der Waals surface area contributed by atoms with Crippen LogP contribution in [-0.4, -0.2) is 19.9 Å². The summed E-state index contributed by atoms with van der Waals surface area (Å²) in [6.45, 7) is 17.1. The number of furan rings is 1. The van der Waals surface area contributed by atoms with Gasteiger partial charge in [0.25, 0.3) is 0 Å². The van der Waals surface area contributed by atoms with Gasteiger partial charge in [0.05, 0.1) is 18.5 Å². The van der Waals surface area contributed by atoms with Crippen molar-refractivity contribution >= 4 is 22.1 Å². The summed E-state index contributed by atoms with van der Waals surface area (Å²) >= 11 is 0. The van der Waals surface area contributed by atoms with Gasteiger partial charge < -0.3 is 9.40 Å². The molecular weight excluding hydrogens is 949 g/mol. The molecule has 0 saturated heterocycles. The molecule has 0 amide bonds. The zero-order valence-electron chi connectivity index (χ0n) is 48.3. The first-order valence-corrected chi connectivity index (χ1v) is 21.0. The van der Waals surface area contributed by atoms with Crippen LogP contribution in [0.5, 0.6) is 0 Å². The maximum absolute atomic E-state index is 9.06. The Kier molecular flexibility index (Phi) is 9.86. The maximum atomic E-state index is 9.06. The van der Waals surface area contributed by atoms with Crippen molar-refractivity contribution in [3.63, 3.8) is 0 Å². The Labute approximate surface area is 403 Å². The first-order valence-electron chi connectivity index (χ1n) is 26.0. The third-order valence-corrected chi connectivity index (χ3v) is 11.0. The maximum Gasteiger partial charge on any atom is 0.216 e. The Bertz CT molecular complexity index is 3280. The summed E-state index contributed by atoms with van der Waals surface area (Å²) in [6.07, 6.45) is 2.97. The third kappa shape index (κ3) is 10.2. The van der Waals surface area contributed by atoms with Crippen LogP contribution in [-0.2, 0) is 41.8 Å². The van der Waals surface area contributed by atoms with E-state index in [9.17, 15) is 0 Å². The molecule has 0 aliphatic rings. The topological polar surface area (TPSA) is 64.7 Å². The van der Waals surface area contributed by atoms with E-state index in [1.54, 1.807) is 12.1 Å². The normalized spacial score (nSPS) is 15.2. The number of pyridine rings is 2. The molecule has 0 aliphatic carbocycles. The van der Waals surface area contributed by atoms with Gasteiger partial charge >= 0.3 is 0 Å². The van der Waals surface area contributed by atoms with Gasteiger partial charge in [0.15, 0.2) is 0 Å². The molecule has 8 aromatic rings. The van der Waals surface area contributed by atoms with Crippen LogP contribution in [0.2, 0.25) is 0 Å². The molecule has 4 heterocycles. The van der Waals surface area contributed by atoms with Gasteiger partial charge in [-0.15, -0.1) is 53.6 Å². The van der Waals surface area contributed by atoms with E-state index in [1.807, 2.05) is 63.4 Å². The fraction of sp³-hybridized carbons (Fsp3) is 0.333. The molecule has 327 valence electrons. The van der Waals surface area contributed by atoms with Crippen LogP contribution in [0.25, 0.3) is 67.1 Å². The second kappa shape index (κ2) is 17.7. The molecule has 0 unspecified atom stereocenters. The molecule has 0 N–H and O–H groups in total. The van der Waals surface area contributed by atoms with Crippen molar-refractivity contribution in [2.24, 2.45) is 0 Å². The quantitative estimate of drug-likeness (QED) is 0.164. The van der Waals surface area contributed by atoms with Gasteiger partial charge in [-0.1, -0.05) is 131 Å². The number of rotatable bonds is 4. The van der Waals surface area contributed by atoms with E-state index < -0.39 is 26.0 Å². The van der Waals surface area contributed by atoms with Crippen molar-refractivity contribution < 1.29 is 38.2 Å². The number of nitrogens with zero attached hydrogens (tertiary/aromatic N) is 4. The predicted octanol–water partition coefficient (Wildman–Crippen LogP) is 15.2. The summed E-state index contributed by atoms with van der Waals surface area (Å²) in [6, 6.07) is 31.7. The number of hydrogen-bond acceptors (Lipinski definition) is 5. The van der Waals surface area contributed by atoms with Crippen LogP contribution in [0.15, 0.2) is 108 Å². The van der Waals surface area contributed by atoms with Gasteiger partial charge in [0.2, 0.25) is 5.71 Å². The summed E-state index contributed by atoms with van der Waals surface area (Å²) in [4.78, 5) is 18.3. The van der Waals surface area contributed by atoms with Crippen LogP contribution < -0.4 is 0 Å². The van der Waals surface area contributed by atoms with E-state index in [2.05, 4.69) is 108 Å². The smallest absolute Gasteiger partial charge is 0.216 e. The van der Waals surface area contributed by atoms with Gasteiger partial charge in [0, 0.05) is 66.9 Å². The largest absolute Gasteiger partial charge is 0.486 e. The zero-order valence-corrected chi connectivity index (χ0v) is 40.7. The fourth-order valence-corrected chi connectivity index (χ4v) is 7.09. The summed E-state index contributed by atoms with van der Waals surface area (Å²) in [5.41, 5.74) is 5.92. The third-order valence-electron chi connectivity index (χ3n) is 11.0. The molecule has 63 heavy (non-hydrogen) atoms. The second-order valence-electron chi connectivity index (χ2n) is 20.1. The van der Waals surface area contributed by atoms with E-state index >= 15 is 0 Å². The number of benzene rings is 4. The van der Waals surface area contributed by atoms with E-state index in [0.29, 0.717) is 16.6 Å². The Hall–Kier alpha value is -5.29. The van der Waals surface area contributed by atoms with E-state index in [1.165, 1.54) is 18.2 Å². The SMILES string of the molecule is CC(C)(C)c1ccnc(-c2[c-]cccc2)n1.[2H]c1cc(C(C)(C)C)cc(C([2H])([2H])[2H])c1-c1cc(-c2[c-]cc(C([2H])([2H])[2H])c3c2oc2nc(-c4cc(C(C)(C)C)cc(C(C)(C)C)c4)ccc23)ncc1C([2H])([2H])[2H].[Ir]. The van der Waals surface area contributed by atoms with Crippen LogP contribution in [0, 0.1) is 32.7 Å². The molecular formula is C57H62IrN4O-2. The van der Waals surface area contributed by atoms with Crippen molar-refractivity contribution in [1.82, 2.24) is 19.9 Å². The molecule has 8 rings (SSSR count). The van der Waals surface area contributed by atoms with E-state index in [4.69, 9.17) is 23.1 Å². The number of aryl methyl sites for hydroxylation is 3. The van der Waals surface area contributed by atoms with Gasteiger partial charge in [-0.2, -0.15) is 0 Å². The van der Waals surface area contributed by atoms with Crippen LogP contribution in [0.1, 0.15) is 136 Å². The van der Waals surface area contributed by atoms with Crippen LogP contribution in [0.4, 0.5) is 0 Å². The van der Waals surface area contributed by atoms with E-state index in [0.717, 1.165) is 40.0 Å². The monoisotopic (exact) mass is 1020 g/mol. The van der Waals surface area contributed by atoms with Crippen molar-refractivity contribution in [2.75, 3.05) is 0 Å². The van der Waals surface area contributed by atoms with Crippen LogP contribution in [0.3, 0.4) is 0 Å². The molecule has 5 nitrogen and oxygen atoms in total. The molecule has 1 radical (unpaired) electrons. The summed E-state index contributed by atoms with van der Waals surface area (Å²) in [7, 11) is 0. The standard InChI is InChI=1S/C43H47N2O.C14H15N2.Ir/c1-25-13-15-33(37-23-35(27(3)24-44-37)32-16-14-29(19-26(32)2)41(4,5)6)39-38(25)34-17-18-36(45-40(34)46-39)28-20-30(42(7,8)9)22-31(21-28)43(10,11)12;1-14(2,3)12-9-10-15-13(16-12)11-7-5-4-6-8-11;/h13-14,16-24H,1-12H3;4-7,9-10H,1-3H3;/q2*-1;/i1D3,2D3,3D3,16D;;. The Morgan fingerprint density at radius 2 is 1.32 bits per heavy atom. The second-order valence-corrected chi connectivity index (χ2v) is 20.1. The average molecular weight is 1020 g/mol. The first kappa shape index (κ1) is 35.1. The Balaban J connectivity index is 0.000000433. The van der Waals surface area contributed by atoms with Gasteiger partial charge in [-0.25, -0.2) is 4.98 Å². The molecule has 0 saturated carbocycles. The first-order chi connectivity index (χ1) is 33.0. The average Bonchev–Trinajstić information content (AvgIpc) is 3.65. The number of aromatic nitrogens is 4. The summed E-state index contributed by atoms with van der Waals surface area (Å²) in [5, 5.41) is 0.747. The molecule has 0 fully saturated rings. The molecule has 6 heteroatoms. The van der Waals surface area contributed by atoms with Gasteiger partial charge in [-0.3, -0.25) is 9.97 Å². The van der Waals surface area contributed by atoms with Crippen molar-refractivity contribution in [3.05, 3.63) is 155 Å². The van der Waals surface area contributed by atoms with Crippen molar-refractivity contribution in [1.29, 1.82) is 0 Å². The molecule has 0 atom stereocenters. The summed E-state index contributed by atoms with van der Waals surface area (Å²) < 4.78 is 91.1. The van der Waals surface area contributed by atoms with E-state index in [-0.39, 0.29) is 98.2 Å².